The van der Waals surface area contributed by atoms with E-state index in [-0.39, 0.29) is 5.54 Å². The van der Waals surface area contributed by atoms with Gasteiger partial charge in [-0.15, -0.1) is 0 Å². The number of nitrogens with zero attached hydrogens (tertiary/aromatic N) is 2. The number of para-hydroxylation sites is 1. The lowest BCUT2D eigenvalue weighted by Crippen LogP contribution is -2.42. The molecule has 4 nitrogen and oxygen atoms in total. The van der Waals surface area contributed by atoms with Gasteiger partial charge in [0, 0.05) is 30.5 Å². The number of rotatable bonds is 6. The third-order valence-electron chi connectivity index (χ3n) is 3.69. The van der Waals surface area contributed by atoms with E-state index in [2.05, 4.69) is 50.2 Å². The van der Waals surface area contributed by atoms with Crippen molar-refractivity contribution in [2.75, 3.05) is 13.7 Å². The maximum Gasteiger partial charge on any atom is 0.0648 e. The molecular formula is C17H25N3O. The minimum Gasteiger partial charge on any atom is -0.383 e. The molecule has 0 aliphatic rings. The van der Waals surface area contributed by atoms with Crippen molar-refractivity contribution in [3.8, 4) is 5.69 Å². The molecule has 0 aliphatic carbocycles. The van der Waals surface area contributed by atoms with Crippen LogP contribution in [0.25, 0.3) is 5.69 Å². The van der Waals surface area contributed by atoms with Gasteiger partial charge in [0.1, 0.15) is 0 Å². The number of aromatic nitrogens is 2. The Kier molecular flexibility index (Phi) is 4.80. The number of methoxy groups -OCH3 is 1. The molecule has 1 heterocycles. The van der Waals surface area contributed by atoms with E-state index in [4.69, 9.17) is 4.74 Å². The molecule has 21 heavy (non-hydrogen) atoms. The molecule has 0 saturated carbocycles. The van der Waals surface area contributed by atoms with Crippen LogP contribution in [-0.4, -0.2) is 29.0 Å². The van der Waals surface area contributed by atoms with Gasteiger partial charge in [-0.3, -0.25) is 0 Å². The number of benzene rings is 1. The topological polar surface area (TPSA) is 39.1 Å². The summed E-state index contributed by atoms with van der Waals surface area (Å²) in [6.45, 7) is 9.93. The summed E-state index contributed by atoms with van der Waals surface area (Å²) in [7, 11) is 1.73. The summed E-state index contributed by atoms with van der Waals surface area (Å²) < 4.78 is 7.26. The summed E-state index contributed by atoms with van der Waals surface area (Å²) in [5.74, 6) is 0. The maximum absolute atomic E-state index is 5.25. The van der Waals surface area contributed by atoms with E-state index in [0.717, 1.165) is 17.9 Å². The molecule has 1 aromatic carbocycles. The summed E-state index contributed by atoms with van der Waals surface area (Å²) >= 11 is 0. The Morgan fingerprint density at radius 3 is 2.48 bits per heavy atom. The first kappa shape index (κ1) is 15.7. The van der Waals surface area contributed by atoms with Crippen LogP contribution in [0.4, 0.5) is 0 Å². The van der Waals surface area contributed by atoms with E-state index in [0.29, 0.717) is 6.61 Å². The second kappa shape index (κ2) is 6.41. The molecule has 0 bridgehead atoms. The van der Waals surface area contributed by atoms with Crippen molar-refractivity contribution >= 4 is 0 Å². The van der Waals surface area contributed by atoms with Crippen molar-refractivity contribution in [2.24, 2.45) is 0 Å². The van der Waals surface area contributed by atoms with Crippen LogP contribution in [-0.2, 0) is 11.3 Å². The average Bonchev–Trinajstić information content (AvgIpc) is 2.73. The number of aryl methyl sites for hydroxylation is 1. The van der Waals surface area contributed by atoms with Gasteiger partial charge in [0.15, 0.2) is 0 Å². The molecule has 0 radical (unpaired) electrons. The second-order valence-electron chi connectivity index (χ2n) is 6.07. The Hall–Kier alpha value is -1.65. The van der Waals surface area contributed by atoms with Crippen molar-refractivity contribution in [1.82, 2.24) is 15.1 Å². The predicted molar refractivity (Wildman–Crippen MR) is 85.8 cm³/mol. The van der Waals surface area contributed by atoms with Crippen LogP contribution in [0.1, 0.15) is 30.8 Å². The van der Waals surface area contributed by atoms with E-state index < -0.39 is 0 Å². The van der Waals surface area contributed by atoms with Gasteiger partial charge in [0.25, 0.3) is 0 Å². The number of ether oxygens (including phenoxy) is 1. The molecule has 0 unspecified atom stereocenters. The van der Waals surface area contributed by atoms with Crippen LogP contribution in [0.3, 0.4) is 0 Å². The monoisotopic (exact) mass is 287 g/mol. The molecule has 0 saturated heterocycles. The zero-order valence-corrected chi connectivity index (χ0v) is 13.6. The normalized spacial score (nSPS) is 11.9. The fourth-order valence-electron chi connectivity index (χ4n) is 2.49. The molecule has 2 aromatic rings. The van der Waals surface area contributed by atoms with E-state index >= 15 is 0 Å². The molecule has 2 rings (SSSR count). The van der Waals surface area contributed by atoms with Crippen LogP contribution < -0.4 is 5.32 Å². The molecule has 0 aliphatic heterocycles. The summed E-state index contributed by atoms with van der Waals surface area (Å²) in [6.07, 6.45) is 0. The summed E-state index contributed by atoms with van der Waals surface area (Å²) in [6, 6.07) is 10.2. The lowest BCUT2D eigenvalue weighted by Gasteiger charge is -2.25. The molecule has 0 atom stereocenters. The Morgan fingerprint density at radius 1 is 1.19 bits per heavy atom. The molecule has 0 fully saturated rings. The van der Waals surface area contributed by atoms with E-state index in [9.17, 15) is 0 Å². The highest BCUT2D eigenvalue weighted by Crippen LogP contribution is 2.18. The molecule has 114 valence electrons. The average molecular weight is 287 g/mol. The van der Waals surface area contributed by atoms with Crippen LogP contribution in [0.15, 0.2) is 30.3 Å². The van der Waals surface area contributed by atoms with Crippen LogP contribution >= 0.6 is 0 Å². The standard InChI is InChI=1S/C17H25N3O/c1-13-16(11-18-17(3,4)12-21-5)14(2)20(19-13)15-9-7-6-8-10-15/h6-10,18H,11-12H2,1-5H3. The summed E-state index contributed by atoms with van der Waals surface area (Å²) in [4.78, 5) is 0. The van der Waals surface area contributed by atoms with Gasteiger partial charge >= 0.3 is 0 Å². The fraction of sp³-hybridized carbons (Fsp3) is 0.471. The van der Waals surface area contributed by atoms with E-state index in [1.165, 1.54) is 11.3 Å². The number of hydrogen-bond donors (Lipinski definition) is 1. The van der Waals surface area contributed by atoms with Gasteiger partial charge in [0.2, 0.25) is 0 Å². The third-order valence-corrected chi connectivity index (χ3v) is 3.69. The Bertz CT molecular complexity index is 588. The zero-order chi connectivity index (χ0) is 15.5. The van der Waals surface area contributed by atoms with E-state index in [1.807, 2.05) is 22.9 Å². The Balaban J connectivity index is 2.21. The van der Waals surface area contributed by atoms with Crippen molar-refractivity contribution in [3.05, 3.63) is 47.3 Å². The maximum atomic E-state index is 5.25. The largest absolute Gasteiger partial charge is 0.383 e. The predicted octanol–water partition coefficient (Wildman–Crippen LogP) is 3.00. The first-order valence-corrected chi connectivity index (χ1v) is 7.29. The van der Waals surface area contributed by atoms with Crippen LogP contribution in [0, 0.1) is 13.8 Å². The van der Waals surface area contributed by atoms with E-state index in [1.54, 1.807) is 7.11 Å². The highest BCUT2D eigenvalue weighted by Gasteiger charge is 2.19. The van der Waals surface area contributed by atoms with Gasteiger partial charge in [-0.05, 0) is 39.8 Å². The van der Waals surface area contributed by atoms with Gasteiger partial charge < -0.3 is 10.1 Å². The Labute approximate surface area is 127 Å². The summed E-state index contributed by atoms with van der Waals surface area (Å²) in [5, 5.41) is 8.22. The highest BCUT2D eigenvalue weighted by molar-refractivity contribution is 5.36. The molecule has 1 N–H and O–H groups in total. The summed E-state index contributed by atoms with van der Waals surface area (Å²) in [5.41, 5.74) is 4.54. The van der Waals surface area contributed by atoms with Gasteiger partial charge in [-0.2, -0.15) is 5.10 Å². The van der Waals surface area contributed by atoms with Crippen LogP contribution in [0.5, 0.6) is 0 Å². The van der Waals surface area contributed by atoms with Crippen LogP contribution in [0.2, 0.25) is 0 Å². The molecular weight excluding hydrogens is 262 g/mol. The second-order valence-corrected chi connectivity index (χ2v) is 6.07. The fourth-order valence-corrected chi connectivity index (χ4v) is 2.49. The first-order valence-electron chi connectivity index (χ1n) is 7.29. The lowest BCUT2D eigenvalue weighted by atomic mass is 10.1. The smallest absolute Gasteiger partial charge is 0.0648 e. The Morgan fingerprint density at radius 2 is 1.86 bits per heavy atom. The number of nitrogens with one attached hydrogen (secondary N) is 1. The SMILES string of the molecule is COCC(C)(C)NCc1c(C)nn(-c2ccccc2)c1C. The van der Waals surface area contributed by atoms with Crippen molar-refractivity contribution in [2.45, 2.75) is 39.8 Å². The van der Waals surface area contributed by atoms with Crippen molar-refractivity contribution in [1.29, 1.82) is 0 Å². The zero-order valence-electron chi connectivity index (χ0n) is 13.6. The van der Waals surface area contributed by atoms with Gasteiger partial charge in [0.05, 0.1) is 18.0 Å². The van der Waals surface area contributed by atoms with Gasteiger partial charge in [-0.25, -0.2) is 4.68 Å². The molecule has 4 heteroatoms. The molecule has 0 spiro atoms. The minimum absolute atomic E-state index is 0.0531. The highest BCUT2D eigenvalue weighted by atomic mass is 16.5. The third kappa shape index (κ3) is 3.71. The van der Waals surface area contributed by atoms with Gasteiger partial charge in [-0.1, -0.05) is 18.2 Å². The van der Waals surface area contributed by atoms with Crippen molar-refractivity contribution < 1.29 is 4.74 Å². The molecule has 0 amide bonds. The minimum atomic E-state index is -0.0531. The first-order chi connectivity index (χ1) is 9.94. The molecule has 1 aromatic heterocycles. The van der Waals surface area contributed by atoms with Crippen molar-refractivity contribution in [3.63, 3.8) is 0 Å². The quantitative estimate of drug-likeness (QED) is 0.887. The number of hydrogen-bond acceptors (Lipinski definition) is 3. The lowest BCUT2D eigenvalue weighted by molar-refractivity contribution is 0.127.